The molecule has 0 fully saturated rings. The average molecular weight is 360 g/mol. The lowest BCUT2D eigenvalue weighted by atomic mass is 10.3. The van der Waals surface area contributed by atoms with Crippen LogP contribution in [0.2, 0.25) is 5.02 Å². The smallest absolute Gasteiger partial charge is 0.249 e. The van der Waals surface area contributed by atoms with E-state index in [1.54, 1.807) is 0 Å². The Morgan fingerprint density at radius 1 is 1.08 bits per heavy atom. The van der Waals surface area contributed by atoms with Gasteiger partial charge < -0.3 is 15.4 Å². The van der Waals surface area contributed by atoms with Gasteiger partial charge in [0.15, 0.2) is 5.82 Å². The quantitative estimate of drug-likeness (QED) is 0.672. The van der Waals surface area contributed by atoms with Crippen molar-refractivity contribution in [2.24, 2.45) is 0 Å². The molecule has 1 heterocycles. The predicted molar refractivity (Wildman–Crippen MR) is 95.4 cm³/mol. The van der Waals surface area contributed by atoms with Crippen molar-refractivity contribution in [1.29, 1.82) is 0 Å². The molecule has 0 bridgehead atoms. The summed E-state index contributed by atoms with van der Waals surface area (Å²) in [7, 11) is 0. The Kier molecular flexibility index (Phi) is 5.25. The first-order valence-corrected chi connectivity index (χ1v) is 7.93. The summed E-state index contributed by atoms with van der Waals surface area (Å²) in [5.74, 6) is 1.08. The molecule has 0 aliphatic heterocycles. The lowest BCUT2D eigenvalue weighted by molar-refractivity contribution is 0.340. The molecule has 0 atom stereocenters. The molecule has 0 amide bonds. The molecule has 25 heavy (non-hydrogen) atoms. The van der Waals surface area contributed by atoms with Gasteiger partial charge in [0, 0.05) is 11.4 Å². The molecule has 0 saturated heterocycles. The first-order valence-electron chi connectivity index (χ1n) is 7.55. The van der Waals surface area contributed by atoms with Crippen LogP contribution in [-0.4, -0.2) is 21.8 Å². The molecule has 0 unspecified atom stereocenters. The molecule has 2 N–H and O–H groups in total. The highest BCUT2D eigenvalue weighted by atomic mass is 35.5. The molecule has 3 aromatic rings. The zero-order chi connectivity index (χ0) is 17.6. The van der Waals surface area contributed by atoms with Crippen LogP contribution >= 0.6 is 11.6 Å². The molecule has 0 aliphatic rings. The van der Waals surface area contributed by atoms with Crippen molar-refractivity contribution in [2.75, 3.05) is 17.2 Å². The summed E-state index contributed by atoms with van der Waals surface area (Å²) in [6.45, 7) is 2.55. The number of hydrogen-bond acceptors (Lipinski definition) is 6. The van der Waals surface area contributed by atoms with Crippen LogP contribution in [0, 0.1) is 5.82 Å². The minimum absolute atomic E-state index is 0.0154. The molecular weight excluding hydrogens is 345 g/mol. The fraction of sp³-hybridized carbons (Fsp3) is 0.118. The van der Waals surface area contributed by atoms with Gasteiger partial charge in [0.1, 0.15) is 11.6 Å². The topological polar surface area (TPSA) is 72.0 Å². The van der Waals surface area contributed by atoms with Crippen LogP contribution < -0.4 is 15.4 Å². The van der Waals surface area contributed by atoms with E-state index in [0.29, 0.717) is 18.1 Å². The van der Waals surface area contributed by atoms with Crippen molar-refractivity contribution in [3.63, 3.8) is 0 Å². The second-order valence-electron chi connectivity index (χ2n) is 5.00. The van der Waals surface area contributed by atoms with E-state index >= 15 is 0 Å². The van der Waals surface area contributed by atoms with Crippen molar-refractivity contribution in [3.8, 4) is 5.75 Å². The van der Waals surface area contributed by atoms with Crippen molar-refractivity contribution >= 4 is 34.7 Å². The van der Waals surface area contributed by atoms with Gasteiger partial charge in [-0.1, -0.05) is 11.6 Å². The summed E-state index contributed by atoms with van der Waals surface area (Å²) in [6, 6.07) is 11.7. The number of anilines is 4. The standard InChI is InChI=1S/C17H15ClFN5O/c1-2-25-13-6-3-11(4-7-13)21-16-10-20-24-17(23-16)22-12-5-8-15(19)14(18)9-12/h3-10H,2H2,1H3,(H2,21,22,23,24). The van der Waals surface area contributed by atoms with Crippen LogP contribution in [0.3, 0.4) is 0 Å². The van der Waals surface area contributed by atoms with Crippen LogP contribution in [0.4, 0.5) is 27.5 Å². The summed E-state index contributed by atoms with van der Waals surface area (Å²) < 4.78 is 18.6. The summed E-state index contributed by atoms with van der Waals surface area (Å²) >= 11 is 5.76. The molecule has 0 saturated carbocycles. The second kappa shape index (κ2) is 7.76. The van der Waals surface area contributed by atoms with E-state index in [0.717, 1.165) is 11.4 Å². The number of benzene rings is 2. The first-order chi connectivity index (χ1) is 12.1. The van der Waals surface area contributed by atoms with E-state index in [1.807, 2.05) is 31.2 Å². The van der Waals surface area contributed by atoms with E-state index in [9.17, 15) is 4.39 Å². The lowest BCUT2D eigenvalue weighted by Gasteiger charge is -2.09. The van der Waals surface area contributed by atoms with Crippen molar-refractivity contribution < 1.29 is 9.13 Å². The normalized spacial score (nSPS) is 10.4. The van der Waals surface area contributed by atoms with Gasteiger partial charge in [0.2, 0.25) is 5.95 Å². The van der Waals surface area contributed by atoms with Crippen LogP contribution in [0.5, 0.6) is 5.75 Å². The molecule has 6 nitrogen and oxygen atoms in total. The van der Waals surface area contributed by atoms with Gasteiger partial charge in [-0.2, -0.15) is 10.1 Å². The average Bonchev–Trinajstić information content (AvgIpc) is 2.61. The van der Waals surface area contributed by atoms with Gasteiger partial charge in [-0.3, -0.25) is 0 Å². The third-order valence-electron chi connectivity index (χ3n) is 3.17. The Labute approximate surface area is 149 Å². The molecule has 128 valence electrons. The molecule has 8 heteroatoms. The first kappa shape index (κ1) is 16.9. The minimum atomic E-state index is -0.489. The third kappa shape index (κ3) is 4.54. The van der Waals surface area contributed by atoms with Crippen LogP contribution in [-0.2, 0) is 0 Å². The molecular formula is C17H15ClFN5O. The molecule has 3 rings (SSSR count). The summed E-state index contributed by atoms with van der Waals surface area (Å²) in [4.78, 5) is 4.31. The number of nitrogens with one attached hydrogen (secondary N) is 2. The maximum absolute atomic E-state index is 13.2. The Morgan fingerprint density at radius 2 is 1.84 bits per heavy atom. The van der Waals surface area contributed by atoms with E-state index in [4.69, 9.17) is 16.3 Å². The number of aromatic nitrogens is 3. The second-order valence-corrected chi connectivity index (χ2v) is 5.41. The Bertz CT molecular complexity index is 860. The fourth-order valence-corrected chi connectivity index (χ4v) is 2.25. The largest absolute Gasteiger partial charge is 0.494 e. The molecule has 0 spiro atoms. The summed E-state index contributed by atoms with van der Waals surface area (Å²) in [5, 5.41) is 13.9. The molecule has 0 radical (unpaired) electrons. The lowest BCUT2D eigenvalue weighted by Crippen LogP contribution is -2.02. The summed E-state index contributed by atoms with van der Waals surface area (Å²) in [6.07, 6.45) is 1.50. The zero-order valence-electron chi connectivity index (χ0n) is 13.3. The highest BCUT2D eigenvalue weighted by Crippen LogP contribution is 2.22. The Balaban J connectivity index is 1.71. The van der Waals surface area contributed by atoms with E-state index in [-0.39, 0.29) is 11.0 Å². The SMILES string of the molecule is CCOc1ccc(Nc2cnnc(Nc3ccc(F)c(Cl)c3)n2)cc1. The number of rotatable bonds is 6. The van der Waals surface area contributed by atoms with E-state index in [1.165, 1.54) is 24.4 Å². The van der Waals surface area contributed by atoms with Crippen LogP contribution in [0.25, 0.3) is 0 Å². The fourth-order valence-electron chi connectivity index (χ4n) is 2.07. The Morgan fingerprint density at radius 3 is 2.56 bits per heavy atom. The van der Waals surface area contributed by atoms with Gasteiger partial charge in [-0.05, 0) is 49.4 Å². The maximum atomic E-state index is 13.2. The van der Waals surface area contributed by atoms with Crippen molar-refractivity contribution in [3.05, 3.63) is 59.5 Å². The maximum Gasteiger partial charge on any atom is 0.249 e. The molecule has 1 aromatic heterocycles. The number of hydrogen-bond donors (Lipinski definition) is 2. The number of ether oxygens (including phenoxy) is 1. The molecule has 0 aliphatic carbocycles. The zero-order valence-corrected chi connectivity index (χ0v) is 14.1. The van der Waals surface area contributed by atoms with Crippen LogP contribution in [0.1, 0.15) is 6.92 Å². The van der Waals surface area contributed by atoms with Gasteiger partial charge >= 0.3 is 0 Å². The third-order valence-corrected chi connectivity index (χ3v) is 3.46. The van der Waals surface area contributed by atoms with Gasteiger partial charge in [0.05, 0.1) is 17.8 Å². The van der Waals surface area contributed by atoms with Gasteiger partial charge in [0.25, 0.3) is 0 Å². The van der Waals surface area contributed by atoms with Crippen molar-refractivity contribution in [2.45, 2.75) is 6.92 Å². The number of halogens is 2. The summed E-state index contributed by atoms with van der Waals surface area (Å²) in [5.41, 5.74) is 1.39. The molecule has 2 aromatic carbocycles. The van der Waals surface area contributed by atoms with Crippen molar-refractivity contribution in [1.82, 2.24) is 15.2 Å². The Hall–Kier alpha value is -2.93. The van der Waals surface area contributed by atoms with E-state index < -0.39 is 5.82 Å². The van der Waals surface area contributed by atoms with E-state index in [2.05, 4.69) is 25.8 Å². The number of nitrogens with zero attached hydrogens (tertiary/aromatic N) is 3. The van der Waals surface area contributed by atoms with Gasteiger partial charge in [-0.25, -0.2) is 4.39 Å². The highest BCUT2D eigenvalue weighted by Gasteiger charge is 2.05. The monoisotopic (exact) mass is 359 g/mol. The predicted octanol–water partition coefficient (Wildman–Crippen LogP) is 4.55. The van der Waals surface area contributed by atoms with Gasteiger partial charge in [-0.15, -0.1) is 5.10 Å². The minimum Gasteiger partial charge on any atom is -0.494 e. The van der Waals surface area contributed by atoms with Crippen LogP contribution in [0.15, 0.2) is 48.7 Å². The highest BCUT2D eigenvalue weighted by molar-refractivity contribution is 6.31.